The van der Waals surface area contributed by atoms with Gasteiger partial charge in [0.25, 0.3) is 0 Å². The summed E-state index contributed by atoms with van der Waals surface area (Å²) in [5, 5.41) is 2.96. The van der Waals surface area contributed by atoms with Gasteiger partial charge in [-0.15, -0.1) is 11.3 Å². The Balaban J connectivity index is 1.53. The Morgan fingerprint density at radius 1 is 1.55 bits per heavy atom. The van der Waals surface area contributed by atoms with Crippen LogP contribution in [0.25, 0.3) is 0 Å². The molecule has 3 rings (SSSR count). The molecule has 2 heterocycles. The van der Waals surface area contributed by atoms with E-state index < -0.39 is 0 Å². The monoisotopic (exact) mass is 320 g/mol. The molecule has 1 aromatic carbocycles. The lowest BCUT2D eigenvalue weighted by molar-refractivity contribution is -0.122. The van der Waals surface area contributed by atoms with Crippen LogP contribution in [0.3, 0.4) is 0 Å². The highest BCUT2D eigenvalue weighted by atomic mass is 32.1. The second-order valence-corrected chi connectivity index (χ2v) is 6.33. The maximum absolute atomic E-state index is 13.3. The van der Waals surface area contributed by atoms with Crippen LogP contribution in [0.5, 0.6) is 5.75 Å². The Kier molecular flexibility index (Phi) is 4.38. The molecule has 1 aliphatic rings. The Morgan fingerprint density at radius 2 is 2.41 bits per heavy atom. The van der Waals surface area contributed by atoms with Crippen molar-refractivity contribution < 1.29 is 13.9 Å². The van der Waals surface area contributed by atoms with Crippen molar-refractivity contribution in [3.8, 4) is 5.75 Å². The third kappa shape index (κ3) is 3.44. The number of thiazole rings is 1. The first kappa shape index (κ1) is 15.0. The average molecular weight is 320 g/mol. The van der Waals surface area contributed by atoms with E-state index in [2.05, 4.69) is 10.3 Å². The smallest absolute Gasteiger partial charge is 0.220 e. The Bertz CT molecular complexity index is 687. The van der Waals surface area contributed by atoms with Crippen LogP contribution in [0.1, 0.15) is 22.6 Å². The molecule has 1 atom stereocenters. The molecular weight excluding hydrogens is 303 g/mol. The van der Waals surface area contributed by atoms with Crippen molar-refractivity contribution in [2.75, 3.05) is 6.61 Å². The zero-order valence-corrected chi connectivity index (χ0v) is 13.1. The fourth-order valence-electron chi connectivity index (χ4n) is 2.55. The van der Waals surface area contributed by atoms with E-state index in [1.165, 1.54) is 12.1 Å². The summed E-state index contributed by atoms with van der Waals surface area (Å²) in [4.78, 5) is 17.4. The summed E-state index contributed by atoms with van der Waals surface area (Å²) in [6.07, 6.45) is 1.72. The topological polar surface area (TPSA) is 51.2 Å². The molecule has 22 heavy (non-hydrogen) atoms. The summed E-state index contributed by atoms with van der Waals surface area (Å²) in [6.45, 7) is 2.37. The highest BCUT2D eigenvalue weighted by Crippen LogP contribution is 2.25. The van der Waals surface area contributed by atoms with Gasteiger partial charge in [0.1, 0.15) is 18.2 Å². The van der Waals surface area contributed by atoms with Crippen LogP contribution >= 0.6 is 11.3 Å². The number of hydrogen-bond acceptors (Lipinski definition) is 4. The lowest BCUT2D eigenvalue weighted by atomic mass is 10.0. The number of nitrogens with one attached hydrogen (secondary N) is 1. The number of rotatable bonds is 4. The van der Waals surface area contributed by atoms with Gasteiger partial charge in [0, 0.05) is 11.3 Å². The Hall–Kier alpha value is -1.95. The van der Waals surface area contributed by atoms with Crippen molar-refractivity contribution in [3.63, 3.8) is 0 Å². The SMILES string of the molecule is Cc1ncsc1CCC(=O)N[C@H]1COc2ccc(F)cc2C1. The quantitative estimate of drug-likeness (QED) is 0.942. The summed E-state index contributed by atoms with van der Waals surface area (Å²) >= 11 is 1.57. The Morgan fingerprint density at radius 3 is 3.18 bits per heavy atom. The largest absolute Gasteiger partial charge is 0.491 e. The van der Waals surface area contributed by atoms with Gasteiger partial charge in [-0.2, -0.15) is 0 Å². The van der Waals surface area contributed by atoms with Gasteiger partial charge in [0.2, 0.25) is 5.91 Å². The summed E-state index contributed by atoms with van der Waals surface area (Å²) in [6, 6.07) is 4.38. The van der Waals surface area contributed by atoms with Crippen LogP contribution in [0, 0.1) is 12.7 Å². The first-order valence-corrected chi connectivity index (χ1v) is 8.09. The normalized spacial score (nSPS) is 16.7. The molecule has 6 heteroatoms. The van der Waals surface area contributed by atoms with Gasteiger partial charge >= 0.3 is 0 Å². The number of ether oxygens (including phenoxy) is 1. The number of carbonyl (C=O) groups is 1. The Labute approximate surface area is 132 Å². The minimum absolute atomic E-state index is 0.0127. The lowest BCUT2D eigenvalue weighted by Gasteiger charge is -2.26. The van der Waals surface area contributed by atoms with Crippen molar-refractivity contribution in [2.24, 2.45) is 0 Å². The number of aryl methyl sites for hydroxylation is 2. The fourth-order valence-corrected chi connectivity index (χ4v) is 3.33. The van der Waals surface area contributed by atoms with Gasteiger partial charge in [-0.25, -0.2) is 9.37 Å². The molecule has 0 unspecified atom stereocenters. The van der Waals surface area contributed by atoms with Gasteiger partial charge in [0.15, 0.2) is 0 Å². The van der Waals surface area contributed by atoms with E-state index in [1.54, 1.807) is 22.9 Å². The van der Waals surface area contributed by atoms with Crippen LogP contribution in [0.15, 0.2) is 23.7 Å². The van der Waals surface area contributed by atoms with Crippen LogP contribution in [-0.2, 0) is 17.6 Å². The molecule has 0 spiro atoms. The van der Waals surface area contributed by atoms with Crippen LogP contribution in [-0.4, -0.2) is 23.5 Å². The molecule has 4 nitrogen and oxygen atoms in total. The molecule has 2 aromatic rings. The number of nitrogens with zero attached hydrogens (tertiary/aromatic N) is 1. The second-order valence-electron chi connectivity index (χ2n) is 5.39. The standard InChI is InChI=1S/C16H17FN2O2S/c1-10-15(22-9-18-10)4-5-16(20)19-13-7-11-6-12(17)2-3-14(11)21-8-13/h2-3,6,9,13H,4-5,7-8H2,1H3,(H,19,20)/t13-/m1/s1. The maximum Gasteiger partial charge on any atom is 0.220 e. The molecule has 0 saturated carbocycles. The minimum Gasteiger partial charge on any atom is -0.491 e. The van der Waals surface area contributed by atoms with Crippen molar-refractivity contribution in [1.82, 2.24) is 10.3 Å². The molecule has 116 valence electrons. The minimum atomic E-state index is -0.282. The first-order chi connectivity index (χ1) is 10.6. The molecule has 0 bridgehead atoms. The molecule has 1 aliphatic heterocycles. The fraction of sp³-hybridized carbons (Fsp3) is 0.375. The summed E-state index contributed by atoms with van der Waals surface area (Å²) in [5.74, 6) is 0.406. The van der Waals surface area contributed by atoms with Gasteiger partial charge < -0.3 is 10.1 Å². The number of benzene rings is 1. The van der Waals surface area contributed by atoms with E-state index in [4.69, 9.17) is 4.74 Å². The van der Waals surface area contributed by atoms with Crippen molar-refractivity contribution >= 4 is 17.2 Å². The molecule has 0 fully saturated rings. The van der Waals surface area contributed by atoms with E-state index >= 15 is 0 Å². The number of carbonyl (C=O) groups excluding carboxylic acids is 1. The number of aromatic nitrogens is 1. The number of hydrogen-bond donors (Lipinski definition) is 1. The van der Waals surface area contributed by atoms with Crippen LogP contribution in [0.2, 0.25) is 0 Å². The third-order valence-electron chi connectivity index (χ3n) is 3.72. The second kappa shape index (κ2) is 6.44. The first-order valence-electron chi connectivity index (χ1n) is 7.21. The van der Waals surface area contributed by atoms with Crippen LogP contribution < -0.4 is 10.1 Å². The molecular formula is C16H17FN2O2S. The third-order valence-corrected chi connectivity index (χ3v) is 4.71. The van der Waals surface area contributed by atoms with Crippen LogP contribution in [0.4, 0.5) is 4.39 Å². The molecule has 1 amide bonds. The summed E-state index contributed by atoms with van der Waals surface area (Å²) < 4.78 is 18.8. The average Bonchev–Trinajstić information content (AvgIpc) is 2.90. The number of halogens is 1. The number of amides is 1. The van der Waals surface area contributed by atoms with E-state index in [0.717, 1.165) is 16.1 Å². The molecule has 0 aliphatic carbocycles. The van der Waals surface area contributed by atoms with E-state index in [1.807, 2.05) is 6.92 Å². The molecule has 0 radical (unpaired) electrons. The van der Waals surface area contributed by atoms with Crippen molar-refractivity contribution in [3.05, 3.63) is 45.7 Å². The van der Waals surface area contributed by atoms with Gasteiger partial charge in [-0.05, 0) is 43.5 Å². The predicted molar refractivity (Wildman–Crippen MR) is 82.7 cm³/mol. The summed E-state index contributed by atoms with van der Waals surface area (Å²) in [5.41, 5.74) is 3.58. The zero-order chi connectivity index (χ0) is 15.5. The number of fused-ring (bicyclic) bond motifs is 1. The van der Waals surface area contributed by atoms with Crippen molar-refractivity contribution in [1.29, 1.82) is 0 Å². The van der Waals surface area contributed by atoms with Crippen molar-refractivity contribution in [2.45, 2.75) is 32.2 Å². The maximum atomic E-state index is 13.3. The molecule has 1 N–H and O–H groups in total. The van der Waals surface area contributed by atoms with E-state index in [-0.39, 0.29) is 17.8 Å². The lowest BCUT2D eigenvalue weighted by Crippen LogP contribution is -2.42. The molecule has 1 aromatic heterocycles. The van der Waals surface area contributed by atoms with Gasteiger partial charge in [-0.1, -0.05) is 0 Å². The molecule has 0 saturated heterocycles. The van der Waals surface area contributed by atoms with Gasteiger partial charge in [-0.3, -0.25) is 4.79 Å². The zero-order valence-electron chi connectivity index (χ0n) is 12.3. The van der Waals surface area contributed by atoms with E-state index in [9.17, 15) is 9.18 Å². The summed E-state index contributed by atoms with van der Waals surface area (Å²) in [7, 11) is 0. The highest BCUT2D eigenvalue weighted by molar-refractivity contribution is 7.09. The van der Waals surface area contributed by atoms with Gasteiger partial charge in [0.05, 0.1) is 17.2 Å². The highest BCUT2D eigenvalue weighted by Gasteiger charge is 2.21. The van der Waals surface area contributed by atoms with E-state index in [0.29, 0.717) is 31.6 Å². The predicted octanol–water partition coefficient (Wildman–Crippen LogP) is 2.64.